The molecule has 1 aromatic carbocycles. The van der Waals surface area contributed by atoms with Crippen molar-refractivity contribution in [2.75, 3.05) is 6.61 Å². The molecule has 0 amide bonds. The van der Waals surface area contributed by atoms with Gasteiger partial charge in [-0.25, -0.2) is 4.79 Å². The Kier molecular flexibility index (Phi) is 9.07. The van der Waals surface area contributed by atoms with Gasteiger partial charge in [0.05, 0.1) is 34.5 Å². The van der Waals surface area contributed by atoms with Crippen LogP contribution in [0, 0.1) is 16.7 Å². The molecule has 3 aliphatic carbocycles. The average Bonchev–Trinajstić information content (AvgIpc) is 3.23. The van der Waals surface area contributed by atoms with Gasteiger partial charge in [-0.2, -0.15) is 0 Å². The third-order valence-electron chi connectivity index (χ3n) is 10.8. The van der Waals surface area contributed by atoms with E-state index in [2.05, 4.69) is 0 Å². The van der Waals surface area contributed by atoms with Gasteiger partial charge in [-0.3, -0.25) is 19.2 Å². The van der Waals surface area contributed by atoms with Crippen LogP contribution < -0.4 is 0 Å². The lowest BCUT2D eigenvalue weighted by atomic mass is 9.49. The summed E-state index contributed by atoms with van der Waals surface area (Å²) < 4.78 is 36.2. The lowest BCUT2D eigenvalue weighted by Gasteiger charge is -2.65. The smallest absolute Gasteiger partial charge is 0.338 e. The van der Waals surface area contributed by atoms with Crippen molar-refractivity contribution in [2.24, 2.45) is 16.7 Å². The molecule has 48 heavy (non-hydrogen) atoms. The van der Waals surface area contributed by atoms with Crippen LogP contribution in [0.2, 0.25) is 0 Å². The van der Waals surface area contributed by atoms with Gasteiger partial charge in [-0.15, -0.1) is 0 Å². The highest BCUT2D eigenvalue weighted by molar-refractivity contribution is 5.89. The van der Waals surface area contributed by atoms with E-state index in [1.807, 2.05) is 0 Å². The third-order valence-corrected chi connectivity index (χ3v) is 10.8. The number of aliphatic hydroxyl groups is 2. The summed E-state index contributed by atoms with van der Waals surface area (Å²) in [5.41, 5.74) is -6.13. The van der Waals surface area contributed by atoms with Crippen molar-refractivity contribution in [3.63, 3.8) is 0 Å². The molecule has 10 atom stereocenters. The second kappa shape index (κ2) is 12.3. The number of hydrogen-bond acceptors (Lipinski definition) is 13. The number of rotatable bonds is 7. The van der Waals surface area contributed by atoms with Gasteiger partial charge in [-0.05, 0) is 44.1 Å². The van der Waals surface area contributed by atoms with E-state index in [0.29, 0.717) is 5.57 Å². The summed E-state index contributed by atoms with van der Waals surface area (Å²) in [7, 11) is 0. The van der Waals surface area contributed by atoms with Crippen molar-refractivity contribution in [2.45, 2.75) is 116 Å². The summed E-state index contributed by atoms with van der Waals surface area (Å²) in [6, 6.07) is 8.07. The van der Waals surface area contributed by atoms with E-state index in [-0.39, 0.29) is 30.6 Å². The summed E-state index contributed by atoms with van der Waals surface area (Å²) in [5, 5.41) is 25.0. The fourth-order valence-corrected chi connectivity index (χ4v) is 9.02. The molecule has 2 saturated carbocycles. The van der Waals surface area contributed by atoms with Gasteiger partial charge in [0.15, 0.2) is 5.60 Å². The maximum Gasteiger partial charge on any atom is 0.338 e. The zero-order chi connectivity index (χ0) is 35.6. The molecule has 2 N–H and O–H groups in total. The molecule has 4 aliphatic rings. The Morgan fingerprint density at radius 3 is 1.98 bits per heavy atom. The normalized spacial score (nSPS) is 37.0. The minimum Gasteiger partial charge on any atom is -0.462 e. The molecule has 5 rings (SSSR count). The zero-order valence-corrected chi connectivity index (χ0v) is 28.4. The molecule has 1 aromatic rings. The van der Waals surface area contributed by atoms with E-state index in [1.54, 1.807) is 32.0 Å². The highest BCUT2D eigenvalue weighted by Gasteiger charge is 2.80. The Balaban J connectivity index is 1.90. The summed E-state index contributed by atoms with van der Waals surface area (Å²) in [4.78, 5) is 64.9. The second-order valence-electron chi connectivity index (χ2n) is 14.1. The Hall–Kier alpha value is -3.81. The molecule has 3 fully saturated rings. The number of hydrogen-bond donors (Lipinski definition) is 2. The number of carbonyl (C=O) groups excluding carboxylic acids is 5. The van der Waals surface area contributed by atoms with Crippen LogP contribution in [-0.4, -0.2) is 94.5 Å². The lowest BCUT2D eigenvalue weighted by molar-refractivity contribution is -0.352. The van der Waals surface area contributed by atoms with E-state index in [4.69, 9.17) is 28.4 Å². The van der Waals surface area contributed by atoms with E-state index in [9.17, 15) is 34.2 Å². The SMILES string of the molecule is CC(=O)O[C@H]1C[C@]2(C(C)(C)O)C(=C1C)[C@@H](O)[C@H](OC(=O)c1ccccc1)[C@@]1(C)C([C@@H]2OC(C)=O)[C@]2(OC(C)=O)CO[C@@H]2C[C@@H]1OC(C)=O. The Bertz CT molecular complexity index is 1530. The van der Waals surface area contributed by atoms with Crippen molar-refractivity contribution < 1.29 is 62.6 Å². The van der Waals surface area contributed by atoms with Gasteiger partial charge in [0, 0.05) is 40.5 Å². The van der Waals surface area contributed by atoms with E-state index >= 15 is 0 Å². The number of ether oxygens (including phenoxy) is 6. The predicted octanol–water partition coefficient (Wildman–Crippen LogP) is 2.59. The summed E-state index contributed by atoms with van der Waals surface area (Å²) in [6.07, 6.45) is -7.92. The predicted molar refractivity (Wildman–Crippen MR) is 165 cm³/mol. The van der Waals surface area contributed by atoms with E-state index in [0.717, 1.165) is 0 Å². The number of fused-ring (bicyclic) bond motifs is 4. The monoisotopic (exact) mass is 672 g/mol. The second-order valence-corrected chi connectivity index (χ2v) is 14.1. The molecular formula is C35H44O13. The fraction of sp³-hybridized carbons (Fsp3) is 0.629. The van der Waals surface area contributed by atoms with Crippen LogP contribution in [0.4, 0.5) is 0 Å². The molecule has 0 spiro atoms. The Morgan fingerprint density at radius 2 is 1.48 bits per heavy atom. The van der Waals surface area contributed by atoms with Crippen LogP contribution in [0.1, 0.15) is 78.6 Å². The van der Waals surface area contributed by atoms with Crippen molar-refractivity contribution in [3.05, 3.63) is 47.0 Å². The average molecular weight is 673 g/mol. The van der Waals surface area contributed by atoms with Crippen LogP contribution in [0.5, 0.6) is 0 Å². The first-order chi connectivity index (χ1) is 22.3. The Labute approximate surface area is 278 Å². The number of esters is 5. The highest BCUT2D eigenvalue weighted by atomic mass is 16.6. The molecule has 1 unspecified atom stereocenters. The first-order valence-electron chi connectivity index (χ1n) is 16.0. The largest absolute Gasteiger partial charge is 0.462 e. The molecule has 13 nitrogen and oxygen atoms in total. The maximum absolute atomic E-state index is 13.9. The van der Waals surface area contributed by atoms with Crippen molar-refractivity contribution in [1.29, 1.82) is 0 Å². The maximum atomic E-state index is 13.9. The Morgan fingerprint density at radius 1 is 0.875 bits per heavy atom. The lowest BCUT2D eigenvalue weighted by Crippen LogP contribution is -2.79. The molecule has 13 heteroatoms. The van der Waals surface area contributed by atoms with Gasteiger partial charge in [-0.1, -0.05) is 25.1 Å². The van der Waals surface area contributed by atoms with Crippen LogP contribution in [0.25, 0.3) is 0 Å². The molecular weight excluding hydrogens is 628 g/mol. The molecule has 1 saturated heterocycles. The summed E-state index contributed by atoms with van der Waals surface area (Å²) in [6.45, 7) is 10.9. The van der Waals surface area contributed by atoms with Crippen molar-refractivity contribution in [1.82, 2.24) is 0 Å². The minimum atomic E-state index is -1.83. The van der Waals surface area contributed by atoms with Crippen LogP contribution >= 0.6 is 0 Å². The first kappa shape index (κ1) is 35.5. The summed E-state index contributed by atoms with van der Waals surface area (Å²) in [5.74, 6) is -4.81. The molecule has 1 aliphatic heterocycles. The number of carbonyl (C=O) groups is 5. The summed E-state index contributed by atoms with van der Waals surface area (Å²) >= 11 is 0. The van der Waals surface area contributed by atoms with Crippen LogP contribution in [0.3, 0.4) is 0 Å². The number of benzene rings is 1. The van der Waals surface area contributed by atoms with Gasteiger partial charge in [0.1, 0.15) is 36.6 Å². The van der Waals surface area contributed by atoms with E-state index < -0.39 is 94.4 Å². The molecule has 0 radical (unpaired) electrons. The van der Waals surface area contributed by atoms with E-state index in [1.165, 1.54) is 53.7 Å². The van der Waals surface area contributed by atoms with Gasteiger partial charge in [0.2, 0.25) is 0 Å². The number of aliphatic hydroxyl groups excluding tert-OH is 1. The molecule has 1 heterocycles. The highest BCUT2D eigenvalue weighted by Crippen LogP contribution is 2.68. The van der Waals surface area contributed by atoms with Gasteiger partial charge < -0.3 is 38.6 Å². The van der Waals surface area contributed by atoms with Gasteiger partial charge in [0.25, 0.3) is 0 Å². The topological polar surface area (TPSA) is 181 Å². The van der Waals surface area contributed by atoms with Crippen molar-refractivity contribution in [3.8, 4) is 0 Å². The quantitative estimate of drug-likeness (QED) is 0.245. The molecule has 0 aromatic heterocycles. The van der Waals surface area contributed by atoms with Crippen LogP contribution in [-0.2, 0) is 47.6 Å². The fourth-order valence-electron chi connectivity index (χ4n) is 9.02. The minimum absolute atomic E-state index is 0.0254. The standard InChI is InChI=1S/C35H44O13/c1-17-23(44-18(2)36)15-34(32(6,7)42)26(17)27(40)29(47-31(41)22-12-10-9-11-13-22)33(8)24(45-19(3)37)14-25-35(16-43-25,48-21(5)39)28(33)30(34)46-20(4)38/h9-13,23-25,27-30,40,42H,14-16H2,1-8H3/t23-,24-,25+,27+,28?,29-,30-,33+,34-,35-/m0/s1. The zero-order valence-electron chi connectivity index (χ0n) is 28.4. The third kappa shape index (κ3) is 5.39. The first-order valence-corrected chi connectivity index (χ1v) is 16.0. The van der Waals surface area contributed by atoms with Crippen molar-refractivity contribution >= 4 is 29.8 Å². The molecule has 262 valence electrons. The molecule has 0 bridgehead atoms. The van der Waals surface area contributed by atoms with Crippen LogP contribution in [0.15, 0.2) is 41.5 Å². The van der Waals surface area contributed by atoms with Gasteiger partial charge >= 0.3 is 29.8 Å².